The van der Waals surface area contributed by atoms with Crippen molar-refractivity contribution in [3.63, 3.8) is 0 Å². The molecule has 1 aliphatic rings. The molecule has 1 heterocycles. The Bertz CT molecular complexity index is 1740. The van der Waals surface area contributed by atoms with E-state index < -0.39 is 6.29 Å². The van der Waals surface area contributed by atoms with Gasteiger partial charge in [0.1, 0.15) is 0 Å². The van der Waals surface area contributed by atoms with Crippen molar-refractivity contribution in [3.05, 3.63) is 149 Å². The summed E-state index contributed by atoms with van der Waals surface area (Å²) in [5, 5.41) is 15.1. The van der Waals surface area contributed by atoms with Gasteiger partial charge in [0, 0.05) is 35.3 Å². The van der Waals surface area contributed by atoms with Gasteiger partial charge in [-0.1, -0.05) is 97.9 Å². The van der Waals surface area contributed by atoms with Crippen LogP contribution < -0.4 is 5.32 Å². The predicted octanol–water partition coefficient (Wildman–Crippen LogP) is 8.07. The van der Waals surface area contributed by atoms with Crippen LogP contribution in [0.5, 0.6) is 0 Å². The highest BCUT2D eigenvalue weighted by Crippen LogP contribution is 2.42. The third kappa shape index (κ3) is 7.00. The lowest BCUT2D eigenvalue weighted by atomic mass is 9.89. The molecule has 0 bridgehead atoms. The van der Waals surface area contributed by atoms with Gasteiger partial charge >= 0.3 is 0 Å². The zero-order valence-electron chi connectivity index (χ0n) is 26.0. The van der Waals surface area contributed by atoms with Crippen LogP contribution in [0.25, 0.3) is 10.8 Å². The minimum absolute atomic E-state index is 0.00529. The average Bonchev–Trinajstić information content (AvgIpc) is 3.09. The lowest BCUT2D eigenvalue weighted by molar-refractivity contribution is -0.276. The minimum atomic E-state index is -0.633. The fraction of sp³-hybridized carbons (Fsp3) is 0.256. The number of anilines is 1. The second kappa shape index (κ2) is 13.8. The van der Waals surface area contributed by atoms with E-state index in [0.29, 0.717) is 17.8 Å². The van der Waals surface area contributed by atoms with E-state index in [2.05, 4.69) is 73.6 Å². The van der Waals surface area contributed by atoms with Crippen LogP contribution in [0.1, 0.15) is 64.9 Å². The quantitative estimate of drug-likeness (QED) is 0.179. The molecule has 5 atom stereocenters. The fourth-order valence-electron chi connectivity index (χ4n) is 6.05. The van der Waals surface area contributed by atoms with E-state index >= 15 is 0 Å². The molecule has 45 heavy (non-hydrogen) atoms. The molecule has 1 saturated heterocycles. The van der Waals surface area contributed by atoms with Crippen molar-refractivity contribution in [1.29, 1.82) is 0 Å². The highest BCUT2D eigenvalue weighted by atomic mass is 16.7. The van der Waals surface area contributed by atoms with Crippen LogP contribution >= 0.6 is 0 Å². The van der Waals surface area contributed by atoms with E-state index in [0.717, 1.165) is 16.7 Å². The van der Waals surface area contributed by atoms with Crippen LogP contribution in [0.4, 0.5) is 5.69 Å². The number of hydrogen-bond donors (Lipinski definition) is 2. The van der Waals surface area contributed by atoms with Crippen LogP contribution in [-0.4, -0.2) is 35.6 Å². The Hall–Kier alpha value is -4.33. The molecule has 0 radical (unpaired) electrons. The number of aliphatic hydroxyl groups excluding tert-OH is 1. The van der Waals surface area contributed by atoms with Gasteiger partial charge in [-0.15, -0.1) is 0 Å². The summed E-state index contributed by atoms with van der Waals surface area (Å²) in [5.41, 5.74) is 5.26. The molecule has 0 spiro atoms. The topological polar surface area (TPSA) is 71.0 Å². The molecular formula is C39H40N2O4. The van der Waals surface area contributed by atoms with E-state index in [1.165, 1.54) is 16.3 Å². The van der Waals surface area contributed by atoms with E-state index in [1.807, 2.05) is 66.7 Å². The standard InChI is InChI=1S/C39H40N2O4/c1-26-36(24-41(3)27(2)32-21-20-29-10-7-8-13-33(29)22-32)44-39(45-37(26)30-18-16-28(25-42)17-19-30)34-14-9-15-35(23-34)40-38(43)31-11-5-4-6-12-31/h4-23,26-27,36-37,39,42H,24-25H2,1-3H3,(H,40,43)/t26-,27-,36+,37+,39+/m1/s1. The number of rotatable bonds is 9. The number of fused-ring (bicyclic) bond motifs is 1. The Balaban J connectivity index is 1.25. The predicted molar refractivity (Wildman–Crippen MR) is 179 cm³/mol. The smallest absolute Gasteiger partial charge is 0.255 e. The molecule has 6 rings (SSSR count). The number of ether oxygens (including phenoxy) is 2. The number of carbonyl (C=O) groups excluding carboxylic acids is 1. The van der Waals surface area contributed by atoms with Gasteiger partial charge in [0.15, 0.2) is 6.29 Å². The molecule has 0 aliphatic carbocycles. The normalized spacial score (nSPS) is 20.6. The summed E-state index contributed by atoms with van der Waals surface area (Å²) in [7, 11) is 2.14. The van der Waals surface area contributed by atoms with Crippen LogP contribution in [0, 0.1) is 5.92 Å². The first-order valence-electron chi connectivity index (χ1n) is 15.6. The lowest BCUT2D eigenvalue weighted by Crippen LogP contribution is -2.44. The number of aliphatic hydroxyl groups is 1. The Morgan fingerprint density at radius 2 is 1.56 bits per heavy atom. The van der Waals surface area contributed by atoms with Gasteiger partial charge in [0.25, 0.3) is 5.91 Å². The van der Waals surface area contributed by atoms with E-state index in [-0.39, 0.29) is 36.7 Å². The Kier molecular flexibility index (Phi) is 9.38. The van der Waals surface area contributed by atoms with Gasteiger partial charge in [-0.2, -0.15) is 0 Å². The maximum absolute atomic E-state index is 12.9. The largest absolute Gasteiger partial charge is 0.392 e. The molecule has 6 nitrogen and oxygen atoms in total. The summed E-state index contributed by atoms with van der Waals surface area (Å²) in [5.74, 6) is -0.121. The molecule has 1 aliphatic heterocycles. The van der Waals surface area contributed by atoms with Crippen molar-refractivity contribution in [2.75, 3.05) is 18.9 Å². The first-order valence-corrected chi connectivity index (χ1v) is 15.6. The molecular weight excluding hydrogens is 560 g/mol. The second-order valence-corrected chi connectivity index (χ2v) is 12.0. The lowest BCUT2D eigenvalue weighted by Gasteiger charge is -2.43. The van der Waals surface area contributed by atoms with Crippen molar-refractivity contribution >= 4 is 22.4 Å². The molecule has 1 fully saturated rings. The highest BCUT2D eigenvalue weighted by Gasteiger charge is 2.39. The summed E-state index contributed by atoms with van der Waals surface area (Å²) >= 11 is 0. The number of benzene rings is 5. The van der Waals surface area contributed by atoms with Gasteiger partial charge in [-0.3, -0.25) is 9.69 Å². The van der Waals surface area contributed by atoms with Crippen molar-refractivity contribution < 1.29 is 19.4 Å². The van der Waals surface area contributed by atoms with Gasteiger partial charge in [-0.25, -0.2) is 0 Å². The summed E-state index contributed by atoms with van der Waals surface area (Å²) in [6, 6.07) is 40.1. The van der Waals surface area contributed by atoms with Crippen molar-refractivity contribution in [2.45, 2.75) is 45.0 Å². The maximum atomic E-state index is 12.9. The number of carbonyl (C=O) groups is 1. The first kappa shape index (κ1) is 30.7. The maximum Gasteiger partial charge on any atom is 0.255 e. The van der Waals surface area contributed by atoms with Crippen molar-refractivity contribution in [2.24, 2.45) is 5.92 Å². The molecule has 5 aromatic rings. The van der Waals surface area contributed by atoms with Crippen LogP contribution in [0.15, 0.2) is 121 Å². The average molecular weight is 601 g/mol. The van der Waals surface area contributed by atoms with Crippen LogP contribution in [0.2, 0.25) is 0 Å². The molecule has 2 N–H and O–H groups in total. The molecule has 0 saturated carbocycles. The number of likely N-dealkylation sites (N-methyl/N-ethyl adjacent to an activating group) is 1. The number of nitrogens with one attached hydrogen (secondary N) is 1. The molecule has 0 unspecified atom stereocenters. The Morgan fingerprint density at radius 1 is 0.822 bits per heavy atom. The fourth-order valence-corrected chi connectivity index (χ4v) is 6.05. The molecule has 1 amide bonds. The third-order valence-electron chi connectivity index (χ3n) is 8.96. The van der Waals surface area contributed by atoms with E-state index in [4.69, 9.17) is 9.47 Å². The number of nitrogens with zero attached hydrogens (tertiary/aromatic N) is 1. The molecule has 230 valence electrons. The number of hydrogen-bond acceptors (Lipinski definition) is 5. The van der Waals surface area contributed by atoms with Gasteiger partial charge in [-0.05, 0) is 71.8 Å². The van der Waals surface area contributed by atoms with Gasteiger partial charge in [0.05, 0.1) is 18.8 Å². The molecule has 0 aromatic heterocycles. The monoisotopic (exact) mass is 600 g/mol. The minimum Gasteiger partial charge on any atom is -0.392 e. The summed E-state index contributed by atoms with van der Waals surface area (Å²) in [4.78, 5) is 15.2. The highest BCUT2D eigenvalue weighted by molar-refractivity contribution is 6.04. The number of amides is 1. The van der Waals surface area contributed by atoms with Gasteiger partial charge < -0.3 is 19.9 Å². The van der Waals surface area contributed by atoms with Crippen molar-refractivity contribution in [3.8, 4) is 0 Å². The summed E-state index contributed by atoms with van der Waals surface area (Å²) in [6.07, 6.45) is -0.998. The Labute approximate surface area is 265 Å². The first-order chi connectivity index (χ1) is 21.9. The molecule has 6 heteroatoms. The second-order valence-electron chi connectivity index (χ2n) is 12.0. The third-order valence-corrected chi connectivity index (χ3v) is 8.96. The van der Waals surface area contributed by atoms with Crippen molar-refractivity contribution in [1.82, 2.24) is 4.90 Å². The summed E-state index contributed by atoms with van der Waals surface area (Å²) < 4.78 is 13.4. The van der Waals surface area contributed by atoms with Crippen LogP contribution in [0.3, 0.4) is 0 Å². The summed E-state index contributed by atoms with van der Waals surface area (Å²) in [6.45, 7) is 5.10. The molecule has 5 aromatic carbocycles. The zero-order valence-corrected chi connectivity index (χ0v) is 26.0. The van der Waals surface area contributed by atoms with Gasteiger partial charge in [0.2, 0.25) is 0 Å². The van der Waals surface area contributed by atoms with Crippen LogP contribution in [-0.2, 0) is 16.1 Å². The Morgan fingerprint density at radius 3 is 2.31 bits per heavy atom. The van der Waals surface area contributed by atoms with E-state index in [1.54, 1.807) is 12.1 Å². The zero-order chi connectivity index (χ0) is 31.3. The van der Waals surface area contributed by atoms with E-state index in [9.17, 15) is 9.90 Å². The SMILES string of the molecule is C[C@@H]1[C@H](CN(C)[C@H](C)c2ccc3ccccc3c2)O[C@H](c2cccc(NC(=O)c3ccccc3)c2)O[C@@H]1c1ccc(CO)cc1.